The second-order valence-electron chi connectivity index (χ2n) is 8.30. The summed E-state index contributed by atoms with van der Waals surface area (Å²) in [5.41, 5.74) is 10.4. The molecular weight excluding hydrogens is 374 g/mol. The molecule has 5 nitrogen and oxygen atoms in total. The summed E-state index contributed by atoms with van der Waals surface area (Å²) in [4.78, 5) is 4.82. The van der Waals surface area contributed by atoms with Crippen molar-refractivity contribution in [2.24, 2.45) is 0 Å². The van der Waals surface area contributed by atoms with Crippen molar-refractivity contribution < 1.29 is 9.84 Å². The molecule has 3 aromatic rings. The fourth-order valence-electron chi connectivity index (χ4n) is 4.87. The Morgan fingerprint density at radius 2 is 2.10 bits per heavy atom. The lowest BCUT2D eigenvalue weighted by molar-refractivity contribution is 0.264. The van der Waals surface area contributed by atoms with Crippen molar-refractivity contribution in [3.63, 3.8) is 0 Å². The molecule has 154 valence electrons. The number of hydrogen-bond donors (Lipinski definition) is 1. The maximum atomic E-state index is 9.53. The zero-order chi connectivity index (χ0) is 20.8. The minimum absolute atomic E-state index is 0.0589. The lowest BCUT2D eigenvalue weighted by atomic mass is 9.87. The summed E-state index contributed by atoms with van der Waals surface area (Å²) in [7, 11) is 0. The lowest BCUT2D eigenvalue weighted by Gasteiger charge is -2.21. The van der Waals surface area contributed by atoms with Gasteiger partial charge in [-0.15, -0.1) is 0 Å². The highest BCUT2D eigenvalue weighted by Crippen LogP contribution is 2.43. The summed E-state index contributed by atoms with van der Waals surface area (Å²) in [6.07, 6.45) is 5.87. The first-order valence-corrected chi connectivity index (χ1v) is 10.7. The van der Waals surface area contributed by atoms with Crippen LogP contribution in [0.4, 0.5) is 0 Å². The standard InChI is InChI=1S/C25H27N3O2/c1-15-4-7-24-20(12-15)16(2)19-5-6-22-21(19)13-18(14-26-22)25-17(3)27-28(9-10-29)23(25)8-11-30-24/h4-5,7,12-14,16,29H,6,8-11H2,1-3H3/t16-/m0/s1. The molecule has 5 rings (SSSR count). The van der Waals surface area contributed by atoms with E-state index in [1.165, 1.54) is 22.3 Å². The van der Waals surface area contributed by atoms with Crippen molar-refractivity contribution in [2.75, 3.05) is 13.2 Å². The molecule has 1 atom stereocenters. The van der Waals surface area contributed by atoms with E-state index in [2.05, 4.69) is 44.2 Å². The topological polar surface area (TPSA) is 60.2 Å². The monoisotopic (exact) mass is 401 g/mol. The van der Waals surface area contributed by atoms with E-state index in [0.29, 0.717) is 13.2 Å². The Kier molecular flexibility index (Phi) is 4.70. The van der Waals surface area contributed by atoms with E-state index in [1.54, 1.807) is 0 Å². The molecule has 0 saturated carbocycles. The molecule has 30 heavy (non-hydrogen) atoms. The largest absolute Gasteiger partial charge is 0.493 e. The zero-order valence-electron chi connectivity index (χ0n) is 17.8. The van der Waals surface area contributed by atoms with Gasteiger partial charge in [-0.2, -0.15) is 5.10 Å². The molecule has 1 aliphatic heterocycles. The Bertz CT molecular complexity index is 1160. The third-order valence-corrected chi connectivity index (χ3v) is 6.32. The third-order valence-electron chi connectivity index (χ3n) is 6.32. The van der Waals surface area contributed by atoms with Gasteiger partial charge in [-0.3, -0.25) is 9.67 Å². The summed E-state index contributed by atoms with van der Waals surface area (Å²) in [5, 5.41) is 14.2. The number of fused-ring (bicyclic) bond motifs is 4. The van der Waals surface area contributed by atoms with Gasteiger partial charge in [0, 0.05) is 47.2 Å². The summed E-state index contributed by atoms with van der Waals surface area (Å²) in [6.45, 7) is 7.52. The van der Waals surface area contributed by atoms with Crippen LogP contribution in [-0.4, -0.2) is 33.1 Å². The second-order valence-corrected chi connectivity index (χ2v) is 8.30. The number of hydrogen-bond acceptors (Lipinski definition) is 4. The number of rotatable bonds is 2. The fraction of sp³-hybridized carbons (Fsp3) is 0.360. The number of aryl methyl sites for hydroxylation is 2. The number of nitrogens with zero attached hydrogens (tertiary/aromatic N) is 3. The van der Waals surface area contributed by atoms with Gasteiger partial charge in [0.2, 0.25) is 0 Å². The summed E-state index contributed by atoms with van der Waals surface area (Å²) in [5.74, 6) is 1.17. The first kappa shape index (κ1) is 19.1. The average Bonchev–Trinajstić information content (AvgIpc) is 3.28. The number of aliphatic hydroxyl groups excluding tert-OH is 1. The molecule has 1 aromatic carbocycles. The first-order valence-electron chi connectivity index (χ1n) is 10.7. The second kappa shape index (κ2) is 7.40. The van der Waals surface area contributed by atoms with Crippen molar-refractivity contribution >= 4 is 5.57 Å². The number of benzene rings is 1. The van der Waals surface area contributed by atoms with Gasteiger partial charge < -0.3 is 9.84 Å². The van der Waals surface area contributed by atoms with Gasteiger partial charge >= 0.3 is 0 Å². The summed E-state index contributed by atoms with van der Waals surface area (Å²) in [6, 6.07) is 8.73. The van der Waals surface area contributed by atoms with Crippen molar-refractivity contribution in [1.29, 1.82) is 0 Å². The Labute approximate surface area is 177 Å². The van der Waals surface area contributed by atoms with Gasteiger partial charge in [-0.1, -0.05) is 30.7 Å². The van der Waals surface area contributed by atoms with Crippen LogP contribution < -0.4 is 4.74 Å². The number of aliphatic hydroxyl groups is 1. The molecule has 0 fully saturated rings. The number of allylic oxidation sites excluding steroid dienone is 2. The molecule has 5 heteroatoms. The molecular formula is C25H27N3O2. The molecule has 0 amide bonds. The van der Waals surface area contributed by atoms with Crippen LogP contribution in [0.1, 0.15) is 46.6 Å². The van der Waals surface area contributed by atoms with Crippen molar-refractivity contribution in [3.05, 3.63) is 70.3 Å². The molecule has 0 unspecified atom stereocenters. The highest BCUT2D eigenvalue weighted by Gasteiger charge is 2.26. The Balaban J connectivity index is 1.72. The minimum atomic E-state index is 0.0589. The molecule has 3 heterocycles. The Hall–Kier alpha value is -2.92. The van der Waals surface area contributed by atoms with Gasteiger partial charge in [0.05, 0.1) is 36.8 Å². The van der Waals surface area contributed by atoms with Crippen LogP contribution in [0.15, 0.2) is 36.5 Å². The number of pyridine rings is 1. The molecule has 2 aliphatic rings. The van der Waals surface area contributed by atoms with Crippen LogP contribution >= 0.6 is 0 Å². The van der Waals surface area contributed by atoms with E-state index in [-0.39, 0.29) is 12.5 Å². The average molecular weight is 402 g/mol. The van der Waals surface area contributed by atoms with E-state index in [0.717, 1.165) is 46.8 Å². The zero-order valence-corrected chi connectivity index (χ0v) is 17.8. The molecule has 1 aliphatic carbocycles. The summed E-state index contributed by atoms with van der Waals surface area (Å²) < 4.78 is 8.23. The SMILES string of the molecule is Cc1ccc2c(c1)[C@@H](C)C1=CCc3ncc(cc31)-c1c(C)nn(CCO)c1CCO2. The fourth-order valence-corrected chi connectivity index (χ4v) is 4.87. The Morgan fingerprint density at radius 3 is 2.93 bits per heavy atom. The van der Waals surface area contributed by atoms with E-state index < -0.39 is 0 Å². The quantitative estimate of drug-likeness (QED) is 0.698. The van der Waals surface area contributed by atoms with Crippen molar-refractivity contribution in [2.45, 2.75) is 46.1 Å². The number of ether oxygens (including phenoxy) is 1. The van der Waals surface area contributed by atoms with Crippen LogP contribution in [0.25, 0.3) is 16.7 Å². The molecule has 2 bridgehead atoms. The lowest BCUT2D eigenvalue weighted by Crippen LogP contribution is -2.13. The smallest absolute Gasteiger partial charge is 0.123 e. The van der Waals surface area contributed by atoms with E-state index in [1.807, 2.05) is 17.8 Å². The summed E-state index contributed by atoms with van der Waals surface area (Å²) >= 11 is 0. The normalized spacial score (nSPS) is 17.3. The van der Waals surface area contributed by atoms with E-state index in [4.69, 9.17) is 14.8 Å². The predicted octanol–water partition coefficient (Wildman–Crippen LogP) is 4.23. The molecule has 2 aromatic heterocycles. The van der Waals surface area contributed by atoms with Gasteiger partial charge in [0.25, 0.3) is 0 Å². The third kappa shape index (κ3) is 3.05. The van der Waals surface area contributed by atoms with Gasteiger partial charge in [0.1, 0.15) is 5.75 Å². The van der Waals surface area contributed by atoms with Gasteiger partial charge in [-0.05, 0) is 31.6 Å². The van der Waals surface area contributed by atoms with Crippen molar-refractivity contribution in [1.82, 2.24) is 14.8 Å². The van der Waals surface area contributed by atoms with E-state index >= 15 is 0 Å². The van der Waals surface area contributed by atoms with Crippen LogP contribution in [0.5, 0.6) is 5.75 Å². The molecule has 0 saturated heterocycles. The first-order chi connectivity index (χ1) is 14.6. The van der Waals surface area contributed by atoms with Crippen LogP contribution in [0, 0.1) is 13.8 Å². The Morgan fingerprint density at radius 1 is 1.23 bits per heavy atom. The van der Waals surface area contributed by atoms with Crippen LogP contribution in [0.2, 0.25) is 0 Å². The molecule has 1 N–H and O–H groups in total. The highest BCUT2D eigenvalue weighted by molar-refractivity contribution is 5.81. The minimum Gasteiger partial charge on any atom is -0.493 e. The maximum absolute atomic E-state index is 9.53. The van der Waals surface area contributed by atoms with Crippen molar-refractivity contribution in [3.8, 4) is 16.9 Å². The maximum Gasteiger partial charge on any atom is 0.123 e. The number of aromatic nitrogens is 3. The van der Waals surface area contributed by atoms with Gasteiger partial charge in [-0.25, -0.2) is 0 Å². The highest BCUT2D eigenvalue weighted by atomic mass is 16.5. The predicted molar refractivity (Wildman–Crippen MR) is 118 cm³/mol. The molecule has 0 radical (unpaired) electrons. The van der Waals surface area contributed by atoms with Crippen LogP contribution in [0.3, 0.4) is 0 Å². The van der Waals surface area contributed by atoms with Crippen LogP contribution in [-0.2, 0) is 19.4 Å². The molecule has 0 spiro atoms. The van der Waals surface area contributed by atoms with Gasteiger partial charge in [0.15, 0.2) is 0 Å². The van der Waals surface area contributed by atoms with E-state index in [9.17, 15) is 5.11 Å².